The zero-order valence-electron chi connectivity index (χ0n) is 9.76. The fourth-order valence-corrected chi connectivity index (χ4v) is 1.74. The molecule has 1 aromatic heterocycles. The largest absolute Gasteiger partial charge is 0.382 e. The number of hydrogen-bond acceptors (Lipinski definition) is 5. The molecule has 2 rings (SSSR count). The molecule has 18 heavy (non-hydrogen) atoms. The molecule has 0 aliphatic carbocycles. The van der Waals surface area contributed by atoms with Crippen molar-refractivity contribution in [3.05, 3.63) is 18.1 Å². The quantitative estimate of drug-likeness (QED) is 0.733. The second-order valence-electron chi connectivity index (χ2n) is 3.79. The number of nitrogens with zero attached hydrogens (tertiary/aromatic N) is 2. The van der Waals surface area contributed by atoms with Crippen LogP contribution in [0.15, 0.2) is 12.4 Å². The summed E-state index contributed by atoms with van der Waals surface area (Å²) in [6.07, 6.45) is 4.81. The molecule has 2 heterocycles. The van der Waals surface area contributed by atoms with Gasteiger partial charge >= 0.3 is 0 Å². The van der Waals surface area contributed by atoms with Crippen molar-refractivity contribution in [2.24, 2.45) is 0 Å². The second kappa shape index (κ2) is 8.07. The summed E-state index contributed by atoms with van der Waals surface area (Å²) in [7, 11) is 0. The van der Waals surface area contributed by atoms with Gasteiger partial charge in [0, 0.05) is 18.4 Å². The molecule has 8 heteroatoms. The lowest BCUT2D eigenvalue weighted by Crippen LogP contribution is -2.43. The van der Waals surface area contributed by atoms with Crippen LogP contribution in [0.1, 0.15) is 23.3 Å². The highest BCUT2D eigenvalue weighted by Gasteiger charge is 2.18. The van der Waals surface area contributed by atoms with E-state index in [0.717, 1.165) is 25.9 Å². The van der Waals surface area contributed by atoms with E-state index in [4.69, 9.17) is 5.73 Å². The van der Waals surface area contributed by atoms with Gasteiger partial charge in [-0.3, -0.25) is 4.79 Å². The van der Waals surface area contributed by atoms with Crippen LogP contribution in [0.25, 0.3) is 0 Å². The zero-order chi connectivity index (χ0) is 11.4. The summed E-state index contributed by atoms with van der Waals surface area (Å²) in [5.74, 6) is -0.0635. The van der Waals surface area contributed by atoms with E-state index in [0.29, 0.717) is 0 Å². The molecule has 0 bridgehead atoms. The van der Waals surface area contributed by atoms with Crippen molar-refractivity contribution in [1.29, 1.82) is 0 Å². The van der Waals surface area contributed by atoms with Gasteiger partial charge in [0.2, 0.25) is 0 Å². The van der Waals surface area contributed by atoms with Crippen LogP contribution in [0.2, 0.25) is 0 Å². The lowest BCUT2D eigenvalue weighted by Gasteiger charge is -2.23. The summed E-state index contributed by atoms with van der Waals surface area (Å²) in [6.45, 7) is 1.86. The fraction of sp³-hybridized carbons (Fsp3) is 0.500. The molecule has 0 radical (unpaired) electrons. The Morgan fingerprint density at radius 3 is 2.50 bits per heavy atom. The van der Waals surface area contributed by atoms with Gasteiger partial charge < -0.3 is 16.4 Å². The maximum atomic E-state index is 11.8. The number of piperidine rings is 1. The number of halogens is 2. The van der Waals surface area contributed by atoms with Crippen LogP contribution in [0.4, 0.5) is 5.82 Å². The number of carbonyl (C=O) groups excluding carboxylic acids is 1. The van der Waals surface area contributed by atoms with Gasteiger partial charge in [0.05, 0.1) is 0 Å². The molecular formula is C10H17Cl2N5O. The molecule has 0 unspecified atom stereocenters. The highest BCUT2D eigenvalue weighted by atomic mass is 35.5. The highest BCUT2D eigenvalue weighted by Crippen LogP contribution is 2.06. The molecule has 1 fully saturated rings. The lowest BCUT2D eigenvalue weighted by molar-refractivity contribution is 0.0925. The number of anilines is 1. The van der Waals surface area contributed by atoms with Gasteiger partial charge in [-0.1, -0.05) is 0 Å². The summed E-state index contributed by atoms with van der Waals surface area (Å²) in [5, 5.41) is 6.15. The van der Waals surface area contributed by atoms with E-state index in [9.17, 15) is 4.79 Å². The van der Waals surface area contributed by atoms with Crippen molar-refractivity contribution in [2.75, 3.05) is 18.8 Å². The van der Waals surface area contributed by atoms with E-state index in [-0.39, 0.29) is 48.3 Å². The van der Waals surface area contributed by atoms with Crippen LogP contribution < -0.4 is 16.4 Å². The van der Waals surface area contributed by atoms with Gasteiger partial charge in [0.1, 0.15) is 0 Å². The zero-order valence-corrected chi connectivity index (χ0v) is 11.4. The molecule has 1 saturated heterocycles. The number of carbonyl (C=O) groups is 1. The molecule has 102 valence electrons. The van der Waals surface area contributed by atoms with Crippen molar-refractivity contribution < 1.29 is 4.79 Å². The summed E-state index contributed by atoms with van der Waals surface area (Å²) in [6, 6.07) is 0.204. The fourth-order valence-electron chi connectivity index (χ4n) is 1.74. The number of nitrogens with one attached hydrogen (secondary N) is 2. The molecule has 0 atom stereocenters. The van der Waals surface area contributed by atoms with Crippen LogP contribution in [-0.2, 0) is 0 Å². The first-order valence-electron chi connectivity index (χ1n) is 5.35. The maximum absolute atomic E-state index is 11.8. The van der Waals surface area contributed by atoms with Crippen LogP contribution in [0.3, 0.4) is 0 Å². The third-order valence-corrected chi connectivity index (χ3v) is 2.62. The van der Waals surface area contributed by atoms with Gasteiger partial charge in [-0.25, -0.2) is 9.97 Å². The molecule has 0 saturated carbocycles. The predicted molar refractivity (Wildman–Crippen MR) is 74.3 cm³/mol. The van der Waals surface area contributed by atoms with E-state index in [2.05, 4.69) is 20.6 Å². The van der Waals surface area contributed by atoms with E-state index in [1.807, 2.05) is 0 Å². The Balaban J connectivity index is 0.00000144. The van der Waals surface area contributed by atoms with Gasteiger partial charge in [0.15, 0.2) is 11.5 Å². The number of nitrogens with two attached hydrogens (primary N) is 1. The Bertz CT molecular complexity index is 384. The lowest BCUT2D eigenvalue weighted by atomic mass is 10.1. The second-order valence-corrected chi connectivity index (χ2v) is 3.79. The van der Waals surface area contributed by atoms with E-state index >= 15 is 0 Å². The molecule has 1 amide bonds. The number of amides is 1. The molecule has 0 aromatic carbocycles. The summed E-state index contributed by atoms with van der Waals surface area (Å²) >= 11 is 0. The number of hydrogen-bond donors (Lipinski definition) is 3. The minimum Gasteiger partial charge on any atom is -0.382 e. The van der Waals surface area contributed by atoms with Gasteiger partial charge in [0.25, 0.3) is 5.91 Å². The normalized spacial score (nSPS) is 15.1. The highest BCUT2D eigenvalue weighted by molar-refractivity contribution is 5.96. The molecular weight excluding hydrogens is 277 g/mol. The third kappa shape index (κ3) is 4.29. The van der Waals surface area contributed by atoms with Gasteiger partial charge in [-0.15, -0.1) is 24.8 Å². The molecule has 1 aromatic rings. The standard InChI is InChI=1S/C10H15N5O.2ClH/c11-9-8(13-5-6-14-9)10(16)15-7-1-3-12-4-2-7;;/h5-7,12H,1-4H2,(H2,11,14)(H,15,16);2*1H. The minimum atomic E-state index is -0.238. The summed E-state index contributed by atoms with van der Waals surface area (Å²) < 4.78 is 0. The smallest absolute Gasteiger partial charge is 0.273 e. The maximum Gasteiger partial charge on any atom is 0.273 e. The predicted octanol–water partition coefficient (Wildman–Crippen LogP) is 0.384. The average Bonchev–Trinajstić information content (AvgIpc) is 2.31. The summed E-state index contributed by atoms with van der Waals surface area (Å²) in [4.78, 5) is 19.6. The Morgan fingerprint density at radius 1 is 1.28 bits per heavy atom. The van der Waals surface area contributed by atoms with Gasteiger partial charge in [-0.05, 0) is 25.9 Å². The van der Waals surface area contributed by atoms with E-state index < -0.39 is 0 Å². The third-order valence-electron chi connectivity index (χ3n) is 2.62. The van der Waals surface area contributed by atoms with Crippen LogP contribution >= 0.6 is 24.8 Å². The Labute approximate surface area is 118 Å². The van der Waals surface area contributed by atoms with Crippen molar-refractivity contribution >= 4 is 36.5 Å². The van der Waals surface area contributed by atoms with Crippen LogP contribution in [0, 0.1) is 0 Å². The molecule has 1 aliphatic heterocycles. The molecule has 6 nitrogen and oxygen atoms in total. The molecule has 4 N–H and O–H groups in total. The topological polar surface area (TPSA) is 92.9 Å². The minimum absolute atomic E-state index is 0. The number of nitrogen functional groups attached to an aromatic ring is 1. The molecule has 0 spiro atoms. The first kappa shape index (κ1) is 16.9. The SMILES string of the molecule is Cl.Cl.Nc1nccnc1C(=O)NC1CCNCC1. The average molecular weight is 294 g/mol. The van der Waals surface area contributed by atoms with Crippen LogP contribution in [0.5, 0.6) is 0 Å². The summed E-state index contributed by atoms with van der Waals surface area (Å²) in [5.41, 5.74) is 5.79. The monoisotopic (exact) mass is 293 g/mol. The van der Waals surface area contributed by atoms with Gasteiger partial charge in [-0.2, -0.15) is 0 Å². The molecule has 1 aliphatic rings. The van der Waals surface area contributed by atoms with Crippen molar-refractivity contribution in [1.82, 2.24) is 20.6 Å². The first-order chi connectivity index (χ1) is 7.77. The van der Waals surface area contributed by atoms with Crippen LogP contribution in [-0.4, -0.2) is 35.0 Å². The van der Waals surface area contributed by atoms with E-state index in [1.54, 1.807) is 0 Å². The Hall–Kier alpha value is -1.11. The number of rotatable bonds is 2. The number of aromatic nitrogens is 2. The van der Waals surface area contributed by atoms with Crippen molar-refractivity contribution in [2.45, 2.75) is 18.9 Å². The van der Waals surface area contributed by atoms with Crippen molar-refractivity contribution in [3.8, 4) is 0 Å². The Morgan fingerprint density at radius 2 is 1.89 bits per heavy atom. The van der Waals surface area contributed by atoms with E-state index in [1.165, 1.54) is 12.4 Å². The Kier molecular flexibility index (Phi) is 7.58. The first-order valence-corrected chi connectivity index (χ1v) is 5.35. The van der Waals surface area contributed by atoms with Crippen molar-refractivity contribution in [3.63, 3.8) is 0 Å².